The van der Waals surface area contributed by atoms with Crippen LogP contribution in [-0.2, 0) is 65.4 Å². The first kappa shape index (κ1) is 90.1. The Morgan fingerprint density at radius 3 is 0.739 bits per heavy atom. The van der Waals surface area contributed by atoms with Gasteiger partial charge in [0, 0.05) is 25.7 Å². The van der Waals surface area contributed by atoms with Gasteiger partial charge in [-0.15, -0.1) is 0 Å². The van der Waals surface area contributed by atoms with Gasteiger partial charge in [0.2, 0.25) is 0 Å². The van der Waals surface area contributed by atoms with Crippen LogP contribution in [0.2, 0.25) is 0 Å². The second kappa shape index (κ2) is 63.8. The number of carbonyl (C=O) groups is 4. The van der Waals surface area contributed by atoms with Crippen LogP contribution in [0, 0.1) is 17.8 Å². The maximum absolute atomic E-state index is 13.1. The third-order valence-electron chi connectivity index (χ3n) is 16.9. The van der Waals surface area contributed by atoms with E-state index in [9.17, 15) is 43.2 Å². The van der Waals surface area contributed by atoms with Crippen molar-refractivity contribution in [1.29, 1.82) is 0 Å². The summed E-state index contributed by atoms with van der Waals surface area (Å²) in [4.78, 5) is 72.6. The molecule has 0 aromatic rings. The van der Waals surface area contributed by atoms with Gasteiger partial charge < -0.3 is 33.8 Å². The van der Waals surface area contributed by atoms with Gasteiger partial charge in [-0.3, -0.25) is 37.3 Å². The van der Waals surface area contributed by atoms with E-state index >= 15 is 0 Å². The number of esters is 4. The van der Waals surface area contributed by atoms with Gasteiger partial charge in [0.25, 0.3) is 0 Å². The van der Waals surface area contributed by atoms with E-state index in [0.717, 1.165) is 102 Å². The molecule has 0 saturated carbocycles. The number of aliphatic hydroxyl groups excluding tert-OH is 1. The van der Waals surface area contributed by atoms with Gasteiger partial charge in [-0.2, -0.15) is 0 Å². The summed E-state index contributed by atoms with van der Waals surface area (Å²) in [6, 6.07) is 0. The molecular formula is C73H142O17P2. The van der Waals surface area contributed by atoms with Gasteiger partial charge in [0.15, 0.2) is 12.2 Å². The van der Waals surface area contributed by atoms with Crippen LogP contribution in [0.15, 0.2) is 0 Å². The summed E-state index contributed by atoms with van der Waals surface area (Å²) in [5.41, 5.74) is 0. The lowest BCUT2D eigenvalue weighted by Crippen LogP contribution is -2.30. The zero-order valence-electron chi connectivity index (χ0n) is 60.0. The predicted octanol–water partition coefficient (Wildman–Crippen LogP) is 21.0. The zero-order valence-corrected chi connectivity index (χ0v) is 61.8. The highest BCUT2D eigenvalue weighted by Gasteiger charge is 2.30. The number of hydrogen-bond acceptors (Lipinski definition) is 15. The highest BCUT2D eigenvalue weighted by Crippen LogP contribution is 2.45. The summed E-state index contributed by atoms with van der Waals surface area (Å²) >= 11 is 0. The molecule has 5 atom stereocenters. The first-order valence-corrected chi connectivity index (χ1v) is 40.8. The standard InChI is InChI=1S/C73H142O17P2/c1-8-9-10-11-12-13-14-15-16-17-20-23-26-33-40-47-54-70(75)83-60-68(89-72(77)56-49-42-34-27-24-21-18-19-22-25-30-37-44-51-64(2)3)62-87-91(79,80)85-58-67(74)59-86-92(81,82)88-63-69(90-73(78)57-50-43-36-29-32-39-46-53-66(6)7)61-84-71(76)55-48-41-35-28-31-38-45-52-65(4)5/h64-69,74H,8-63H2,1-7H3,(H,79,80)(H,81,82)/t67-,68-,69-/m1/s1. The van der Waals surface area contributed by atoms with Crippen LogP contribution in [0.25, 0.3) is 0 Å². The fourth-order valence-electron chi connectivity index (χ4n) is 11.1. The first-order valence-electron chi connectivity index (χ1n) is 37.8. The summed E-state index contributed by atoms with van der Waals surface area (Å²) in [6.07, 6.45) is 48.8. The quantitative estimate of drug-likeness (QED) is 0.0222. The Bertz CT molecular complexity index is 1800. The third kappa shape index (κ3) is 66.7. The molecule has 0 saturated heterocycles. The van der Waals surface area contributed by atoms with Crippen LogP contribution in [0.1, 0.15) is 370 Å². The second-order valence-electron chi connectivity index (χ2n) is 27.8. The van der Waals surface area contributed by atoms with Gasteiger partial charge in [-0.1, -0.05) is 318 Å². The molecular weight excluding hydrogens is 1210 g/mol. The van der Waals surface area contributed by atoms with Gasteiger partial charge >= 0.3 is 39.5 Å². The monoisotopic (exact) mass is 1350 g/mol. The van der Waals surface area contributed by atoms with E-state index in [4.69, 9.17) is 37.0 Å². The average Bonchev–Trinajstić information content (AvgIpc) is 2.96. The summed E-state index contributed by atoms with van der Waals surface area (Å²) in [5.74, 6) is 0.0626. The molecule has 17 nitrogen and oxygen atoms in total. The Balaban J connectivity index is 5.23. The smallest absolute Gasteiger partial charge is 0.462 e. The SMILES string of the molecule is CCCCCCCCCCCCCCCCCCC(=O)OC[C@H](COP(=O)(O)OC[C@@H](O)COP(=O)(O)OC[C@@H](COC(=O)CCCCCCCCCC(C)C)OC(=O)CCCCCCCCCC(C)C)OC(=O)CCCCCCCCCCCCCCCC(C)C. The van der Waals surface area contributed by atoms with Gasteiger partial charge in [-0.25, -0.2) is 9.13 Å². The summed E-state index contributed by atoms with van der Waals surface area (Å²) in [7, 11) is -9.91. The number of ether oxygens (including phenoxy) is 4. The number of unbranched alkanes of at least 4 members (excludes halogenated alkanes) is 39. The average molecular weight is 1350 g/mol. The summed E-state index contributed by atoms with van der Waals surface area (Å²) in [6.45, 7) is 11.8. The van der Waals surface area contributed by atoms with Crippen molar-refractivity contribution in [3.05, 3.63) is 0 Å². The Hall–Kier alpha value is -1.94. The fourth-order valence-corrected chi connectivity index (χ4v) is 12.7. The van der Waals surface area contributed by atoms with E-state index in [-0.39, 0.29) is 25.7 Å². The van der Waals surface area contributed by atoms with Crippen LogP contribution in [0.5, 0.6) is 0 Å². The van der Waals surface area contributed by atoms with Crippen molar-refractivity contribution in [3.8, 4) is 0 Å². The van der Waals surface area contributed by atoms with Crippen molar-refractivity contribution < 1.29 is 80.2 Å². The largest absolute Gasteiger partial charge is 0.472 e. The van der Waals surface area contributed by atoms with Crippen LogP contribution in [-0.4, -0.2) is 96.7 Å². The number of rotatable bonds is 71. The fraction of sp³-hybridized carbons (Fsp3) is 0.945. The van der Waals surface area contributed by atoms with Crippen molar-refractivity contribution in [2.24, 2.45) is 17.8 Å². The molecule has 0 fully saturated rings. The second-order valence-corrected chi connectivity index (χ2v) is 30.7. The van der Waals surface area contributed by atoms with Crippen molar-refractivity contribution >= 4 is 39.5 Å². The molecule has 2 unspecified atom stereocenters. The van der Waals surface area contributed by atoms with Gasteiger partial charge in [0.05, 0.1) is 26.4 Å². The Kier molecular flexibility index (Phi) is 62.4. The topological polar surface area (TPSA) is 237 Å². The highest BCUT2D eigenvalue weighted by atomic mass is 31.2. The van der Waals surface area contributed by atoms with Crippen molar-refractivity contribution in [2.75, 3.05) is 39.6 Å². The predicted molar refractivity (Wildman–Crippen MR) is 372 cm³/mol. The molecule has 19 heteroatoms. The molecule has 0 spiro atoms. The molecule has 0 rings (SSSR count). The number of hydrogen-bond donors (Lipinski definition) is 3. The van der Waals surface area contributed by atoms with E-state index in [1.54, 1.807) is 0 Å². The number of phosphoric ester groups is 2. The lowest BCUT2D eigenvalue weighted by molar-refractivity contribution is -0.161. The molecule has 0 heterocycles. The molecule has 0 aliphatic heterocycles. The first-order chi connectivity index (χ1) is 44.2. The molecule has 3 N–H and O–H groups in total. The third-order valence-corrected chi connectivity index (χ3v) is 18.8. The summed E-state index contributed by atoms with van der Waals surface area (Å²) in [5, 5.41) is 10.6. The van der Waals surface area contributed by atoms with E-state index < -0.39 is 97.5 Å². The maximum atomic E-state index is 13.1. The Labute approximate surface area is 562 Å². The van der Waals surface area contributed by atoms with Crippen molar-refractivity contribution in [1.82, 2.24) is 0 Å². The molecule has 92 heavy (non-hydrogen) atoms. The van der Waals surface area contributed by atoms with E-state index in [1.807, 2.05) is 0 Å². The van der Waals surface area contributed by atoms with Gasteiger partial charge in [0.1, 0.15) is 19.3 Å². The maximum Gasteiger partial charge on any atom is 0.472 e. The molecule has 0 aliphatic rings. The zero-order chi connectivity index (χ0) is 68.0. The lowest BCUT2D eigenvalue weighted by atomic mass is 10.0. The van der Waals surface area contributed by atoms with Crippen molar-refractivity contribution in [2.45, 2.75) is 388 Å². The lowest BCUT2D eigenvalue weighted by Gasteiger charge is -2.21. The molecule has 0 aliphatic carbocycles. The van der Waals surface area contributed by atoms with Crippen LogP contribution >= 0.6 is 15.6 Å². The highest BCUT2D eigenvalue weighted by molar-refractivity contribution is 7.47. The minimum absolute atomic E-state index is 0.103. The number of aliphatic hydroxyl groups is 1. The Morgan fingerprint density at radius 1 is 0.293 bits per heavy atom. The molecule has 0 bridgehead atoms. The molecule has 0 aromatic heterocycles. The molecule has 546 valence electrons. The minimum atomic E-state index is -4.96. The normalized spacial score (nSPS) is 14.1. The molecule has 0 amide bonds. The van der Waals surface area contributed by atoms with Crippen LogP contribution in [0.3, 0.4) is 0 Å². The van der Waals surface area contributed by atoms with E-state index in [0.29, 0.717) is 37.5 Å². The molecule has 0 radical (unpaired) electrons. The van der Waals surface area contributed by atoms with Gasteiger partial charge in [-0.05, 0) is 43.4 Å². The number of phosphoric acid groups is 2. The van der Waals surface area contributed by atoms with Crippen LogP contribution < -0.4 is 0 Å². The van der Waals surface area contributed by atoms with E-state index in [1.165, 1.54) is 173 Å². The van der Waals surface area contributed by atoms with E-state index in [2.05, 4.69) is 48.5 Å². The van der Waals surface area contributed by atoms with Crippen molar-refractivity contribution in [3.63, 3.8) is 0 Å². The summed E-state index contributed by atoms with van der Waals surface area (Å²) < 4.78 is 68.4. The number of carbonyl (C=O) groups excluding carboxylic acids is 4. The Morgan fingerprint density at radius 2 is 0.500 bits per heavy atom. The minimum Gasteiger partial charge on any atom is -0.462 e. The van der Waals surface area contributed by atoms with Crippen LogP contribution in [0.4, 0.5) is 0 Å². The molecule has 0 aromatic carbocycles.